The number of amides is 2. The SMILES string of the molecule is CCC1c2ccsc2CCN1C(=O)CNC(=O)c1ccc(F)cc1. The molecule has 1 aromatic carbocycles. The lowest BCUT2D eigenvalue weighted by Gasteiger charge is -2.35. The predicted molar refractivity (Wildman–Crippen MR) is 91.5 cm³/mol. The minimum absolute atomic E-state index is 0.0494. The summed E-state index contributed by atoms with van der Waals surface area (Å²) in [5.41, 5.74) is 1.57. The summed E-state index contributed by atoms with van der Waals surface area (Å²) in [7, 11) is 0. The van der Waals surface area contributed by atoms with Crippen LogP contribution in [-0.4, -0.2) is 29.8 Å². The monoisotopic (exact) mass is 346 g/mol. The van der Waals surface area contributed by atoms with Gasteiger partial charge in [-0.2, -0.15) is 0 Å². The van der Waals surface area contributed by atoms with Crippen LogP contribution < -0.4 is 5.32 Å². The van der Waals surface area contributed by atoms with Crippen molar-refractivity contribution in [2.24, 2.45) is 0 Å². The van der Waals surface area contributed by atoms with Gasteiger partial charge in [0.2, 0.25) is 5.91 Å². The number of hydrogen-bond acceptors (Lipinski definition) is 3. The molecule has 2 amide bonds. The fourth-order valence-corrected chi connectivity index (χ4v) is 4.02. The molecule has 0 saturated carbocycles. The molecule has 1 aliphatic heterocycles. The van der Waals surface area contributed by atoms with Gasteiger partial charge in [0.05, 0.1) is 12.6 Å². The molecule has 0 aliphatic carbocycles. The number of hydrogen-bond donors (Lipinski definition) is 1. The topological polar surface area (TPSA) is 49.4 Å². The predicted octanol–water partition coefficient (Wildman–Crippen LogP) is 3.15. The largest absolute Gasteiger partial charge is 0.343 e. The minimum Gasteiger partial charge on any atom is -0.343 e. The maximum Gasteiger partial charge on any atom is 0.251 e. The second-order valence-electron chi connectivity index (χ2n) is 5.75. The highest BCUT2D eigenvalue weighted by Crippen LogP contribution is 2.35. The Morgan fingerprint density at radius 2 is 2.04 bits per heavy atom. The Morgan fingerprint density at radius 3 is 2.75 bits per heavy atom. The second kappa shape index (κ2) is 7.13. The van der Waals surface area contributed by atoms with E-state index in [1.807, 2.05) is 4.90 Å². The molecule has 1 unspecified atom stereocenters. The molecule has 0 fully saturated rings. The molecule has 0 radical (unpaired) electrons. The van der Waals surface area contributed by atoms with E-state index in [1.165, 1.54) is 34.7 Å². The highest BCUT2D eigenvalue weighted by atomic mass is 32.1. The first-order valence-corrected chi connectivity index (χ1v) is 8.87. The lowest BCUT2D eigenvalue weighted by molar-refractivity contribution is -0.133. The first-order valence-electron chi connectivity index (χ1n) is 7.99. The van der Waals surface area contributed by atoms with E-state index < -0.39 is 5.82 Å². The summed E-state index contributed by atoms with van der Waals surface area (Å²) in [4.78, 5) is 27.8. The van der Waals surface area contributed by atoms with Gasteiger partial charge >= 0.3 is 0 Å². The average molecular weight is 346 g/mol. The van der Waals surface area contributed by atoms with Crippen molar-refractivity contribution in [3.8, 4) is 0 Å². The van der Waals surface area contributed by atoms with Crippen molar-refractivity contribution in [1.29, 1.82) is 0 Å². The Labute approximate surface area is 144 Å². The third-order valence-corrected chi connectivity index (χ3v) is 5.30. The number of nitrogens with one attached hydrogen (secondary N) is 1. The fourth-order valence-electron chi connectivity index (χ4n) is 3.10. The van der Waals surface area contributed by atoms with Gasteiger partial charge in [-0.3, -0.25) is 9.59 Å². The molecule has 2 aromatic rings. The Morgan fingerprint density at radius 1 is 1.29 bits per heavy atom. The van der Waals surface area contributed by atoms with Crippen molar-refractivity contribution < 1.29 is 14.0 Å². The molecule has 0 spiro atoms. The van der Waals surface area contributed by atoms with Crippen LogP contribution in [0.1, 0.15) is 40.2 Å². The van der Waals surface area contributed by atoms with Crippen LogP contribution >= 0.6 is 11.3 Å². The number of halogens is 1. The summed E-state index contributed by atoms with van der Waals surface area (Å²) in [6.07, 6.45) is 1.71. The number of rotatable bonds is 4. The first kappa shape index (κ1) is 16.6. The van der Waals surface area contributed by atoms with Crippen LogP contribution in [0.15, 0.2) is 35.7 Å². The zero-order valence-electron chi connectivity index (χ0n) is 13.4. The van der Waals surface area contributed by atoms with E-state index in [0.29, 0.717) is 12.1 Å². The van der Waals surface area contributed by atoms with Crippen molar-refractivity contribution in [2.45, 2.75) is 25.8 Å². The molecule has 1 aromatic heterocycles. The number of carbonyl (C=O) groups excluding carboxylic acids is 2. The summed E-state index contributed by atoms with van der Waals surface area (Å²) in [5, 5.41) is 4.70. The zero-order valence-corrected chi connectivity index (χ0v) is 14.2. The molecular weight excluding hydrogens is 327 g/mol. The third-order valence-electron chi connectivity index (χ3n) is 4.31. The molecule has 24 heavy (non-hydrogen) atoms. The quantitative estimate of drug-likeness (QED) is 0.924. The highest BCUT2D eigenvalue weighted by Gasteiger charge is 2.30. The molecule has 1 N–H and O–H groups in total. The lowest BCUT2D eigenvalue weighted by Crippen LogP contribution is -2.44. The summed E-state index contributed by atoms with van der Waals surface area (Å²) in [6.45, 7) is 2.69. The van der Waals surface area contributed by atoms with Gasteiger partial charge in [0.25, 0.3) is 5.91 Å². The zero-order chi connectivity index (χ0) is 17.1. The van der Waals surface area contributed by atoms with Gasteiger partial charge in [-0.25, -0.2) is 4.39 Å². The van der Waals surface area contributed by atoms with Gasteiger partial charge in [0, 0.05) is 17.0 Å². The Bertz CT molecular complexity index is 742. The van der Waals surface area contributed by atoms with E-state index in [1.54, 1.807) is 11.3 Å². The minimum atomic E-state index is -0.395. The van der Waals surface area contributed by atoms with Crippen molar-refractivity contribution >= 4 is 23.2 Å². The van der Waals surface area contributed by atoms with Crippen LogP contribution in [0.4, 0.5) is 4.39 Å². The van der Waals surface area contributed by atoms with E-state index >= 15 is 0 Å². The van der Waals surface area contributed by atoms with E-state index in [2.05, 4.69) is 23.7 Å². The van der Waals surface area contributed by atoms with Gasteiger partial charge in [0.1, 0.15) is 5.82 Å². The number of thiophene rings is 1. The number of carbonyl (C=O) groups is 2. The van der Waals surface area contributed by atoms with Crippen LogP contribution in [0, 0.1) is 5.82 Å². The maximum absolute atomic E-state index is 12.9. The van der Waals surface area contributed by atoms with Crippen LogP contribution in [-0.2, 0) is 11.2 Å². The second-order valence-corrected chi connectivity index (χ2v) is 6.75. The van der Waals surface area contributed by atoms with Crippen LogP contribution in [0.2, 0.25) is 0 Å². The Hall–Kier alpha value is -2.21. The van der Waals surface area contributed by atoms with Gasteiger partial charge in [-0.1, -0.05) is 6.92 Å². The third kappa shape index (κ3) is 3.33. The molecule has 4 nitrogen and oxygen atoms in total. The van der Waals surface area contributed by atoms with Gasteiger partial charge < -0.3 is 10.2 Å². The molecule has 2 heterocycles. The van der Waals surface area contributed by atoms with Gasteiger partial charge in [-0.05, 0) is 54.1 Å². The summed E-state index contributed by atoms with van der Waals surface area (Å²) >= 11 is 1.74. The van der Waals surface area contributed by atoms with Crippen LogP contribution in [0.3, 0.4) is 0 Å². The molecular formula is C18H19FN2O2S. The molecule has 6 heteroatoms. The smallest absolute Gasteiger partial charge is 0.251 e. The molecule has 1 aliphatic rings. The summed E-state index contributed by atoms with van der Waals surface area (Å²) in [6, 6.07) is 7.43. The van der Waals surface area contributed by atoms with Crippen LogP contribution in [0.25, 0.3) is 0 Å². The van der Waals surface area contributed by atoms with Crippen molar-refractivity contribution in [2.75, 3.05) is 13.1 Å². The maximum atomic E-state index is 12.9. The fraction of sp³-hybridized carbons (Fsp3) is 0.333. The number of benzene rings is 1. The van der Waals surface area contributed by atoms with E-state index in [0.717, 1.165) is 12.8 Å². The summed E-state index contributed by atoms with van der Waals surface area (Å²) in [5.74, 6) is -0.855. The van der Waals surface area contributed by atoms with Crippen molar-refractivity contribution in [1.82, 2.24) is 10.2 Å². The Kier molecular flexibility index (Phi) is 4.94. The first-order chi connectivity index (χ1) is 11.6. The number of fused-ring (bicyclic) bond motifs is 1. The van der Waals surface area contributed by atoms with E-state index in [4.69, 9.17) is 0 Å². The van der Waals surface area contributed by atoms with Gasteiger partial charge in [0.15, 0.2) is 0 Å². The molecule has 1 atom stereocenters. The normalized spacial score (nSPS) is 16.6. The van der Waals surface area contributed by atoms with Crippen LogP contribution in [0.5, 0.6) is 0 Å². The highest BCUT2D eigenvalue weighted by molar-refractivity contribution is 7.10. The standard InChI is InChI=1S/C18H19FN2O2S/c1-2-15-14-8-10-24-16(14)7-9-21(15)17(22)11-20-18(23)12-3-5-13(19)6-4-12/h3-6,8,10,15H,2,7,9,11H2,1H3,(H,20,23). The Balaban J connectivity index is 1.63. The van der Waals surface area contributed by atoms with Crippen molar-refractivity contribution in [3.63, 3.8) is 0 Å². The lowest BCUT2D eigenvalue weighted by atomic mass is 9.98. The number of nitrogens with zero attached hydrogens (tertiary/aromatic N) is 1. The van der Waals surface area contributed by atoms with E-state index in [-0.39, 0.29) is 24.4 Å². The van der Waals surface area contributed by atoms with Crippen molar-refractivity contribution in [3.05, 3.63) is 57.5 Å². The summed E-state index contributed by atoms with van der Waals surface area (Å²) < 4.78 is 12.9. The molecule has 126 valence electrons. The molecule has 0 saturated heterocycles. The molecule has 3 rings (SSSR count). The average Bonchev–Trinajstić information content (AvgIpc) is 3.07. The van der Waals surface area contributed by atoms with E-state index in [9.17, 15) is 14.0 Å². The molecule has 0 bridgehead atoms. The van der Waals surface area contributed by atoms with Gasteiger partial charge in [-0.15, -0.1) is 11.3 Å².